The largest absolute Gasteiger partial charge is 0.453 e. The molecule has 0 bridgehead atoms. The molecule has 0 spiro atoms. The van der Waals surface area contributed by atoms with Crippen molar-refractivity contribution in [3.05, 3.63) is 40.0 Å². The number of nitrogens with zero attached hydrogens (tertiary/aromatic N) is 2. The molecule has 0 aliphatic carbocycles. The average Bonchev–Trinajstić information content (AvgIpc) is 2.85. The lowest BCUT2D eigenvalue weighted by Gasteiger charge is -2.09. The summed E-state index contributed by atoms with van der Waals surface area (Å²) in [6.45, 7) is 4.92. The van der Waals surface area contributed by atoms with E-state index in [2.05, 4.69) is 34.0 Å². The predicted molar refractivity (Wildman–Crippen MR) is 69.7 cm³/mol. The molecule has 0 radical (unpaired) electrons. The van der Waals surface area contributed by atoms with Crippen LogP contribution >= 0.6 is 15.9 Å². The SMILES string of the molecule is CCn1nc(C)cc1CC(N)c1ccc(Br)o1. The van der Waals surface area contributed by atoms with Gasteiger partial charge in [0.1, 0.15) is 5.76 Å². The van der Waals surface area contributed by atoms with Gasteiger partial charge in [-0.1, -0.05) is 0 Å². The zero-order chi connectivity index (χ0) is 12.4. The fourth-order valence-electron chi connectivity index (χ4n) is 1.89. The molecule has 4 nitrogen and oxygen atoms in total. The van der Waals surface area contributed by atoms with E-state index in [-0.39, 0.29) is 6.04 Å². The van der Waals surface area contributed by atoms with Gasteiger partial charge >= 0.3 is 0 Å². The molecule has 1 atom stereocenters. The molecular weight excluding hydrogens is 282 g/mol. The molecule has 0 fully saturated rings. The lowest BCUT2D eigenvalue weighted by Crippen LogP contribution is -2.15. The maximum atomic E-state index is 6.12. The first kappa shape index (κ1) is 12.4. The number of hydrogen-bond donors (Lipinski definition) is 1. The number of hydrogen-bond acceptors (Lipinski definition) is 3. The number of halogens is 1. The van der Waals surface area contributed by atoms with Gasteiger partial charge in [0.25, 0.3) is 0 Å². The van der Waals surface area contributed by atoms with Crippen molar-refractivity contribution in [1.82, 2.24) is 9.78 Å². The van der Waals surface area contributed by atoms with Crippen molar-refractivity contribution in [2.45, 2.75) is 32.9 Å². The maximum absolute atomic E-state index is 6.12. The van der Waals surface area contributed by atoms with E-state index in [4.69, 9.17) is 10.2 Å². The van der Waals surface area contributed by atoms with Crippen molar-refractivity contribution in [3.63, 3.8) is 0 Å². The van der Waals surface area contributed by atoms with E-state index < -0.39 is 0 Å². The summed E-state index contributed by atoms with van der Waals surface area (Å²) in [6, 6.07) is 5.69. The number of aryl methyl sites for hydroxylation is 2. The van der Waals surface area contributed by atoms with E-state index in [9.17, 15) is 0 Å². The smallest absolute Gasteiger partial charge is 0.169 e. The predicted octanol–water partition coefficient (Wildman–Crippen LogP) is 2.81. The Bertz CT molecular complexity index is 504. The highest BCUT2D eigenvalue weighted by molar-refractivity contribution is 9.10. The molecule has 2 heterocycles. The number of rotatable bonds is 4. The topological polar surface area (TPSA) is 57.0 Å². The highest BCUT2D eigenvalue weighted by Gasteiger charge is 2.14. The summed E-state index contributed by atoms with van der Waals surface area (Å²) >= 11 is 3.28. The number of nitrogens with two attached hydrogens (primary N) is 1. The normalized spacial score (nSPS) is 12.9. The highest BCUT2D eigenvalue weighted by Crippen LogP contribution is 2.22. The summed E-state index contributed by atoms with van der Waals surface area (Å²) in [5.41, 5.74) is 8.28. The first-order valence-corrected chi connectivity index (χ1v) is 6.43. The van der Waals surface area contributed by atoms with Crippen molar-refractivity contribution in [3.8, 4) is 0 Å². The second-order valence-electron chi connectivity index (χ2n) is 4.05. The van der Waals surface area contributed by atoms with E-state index in [0.717, 1.165) is 30.1 Å². The van der Waals surface area contributed by atoms with Crippen molar-refractivity contribution in [2.75, 3.05) is 0 Å². The van der Waals surface area contributed by atoms with E-state index in [1.807, 2.05) is 23.7 Å². The molecule has 0 amide bonds. The van der Waals surface area contributed by atoms with Crippen molar-refractivity contribution < 1.29 is 4.42 Å². The van der Waals surface area contributed by atoms with Crippen LogP contribution in [0.5, 0.6) is 0 Å². The third kappa shape index (κ3) is 2.79. The molecule has 2 N–H and O–H groups in total. The summed E-state index contributed by atoms with van der Waals surface area (Å²) in [7, 11) is 0. The summed E-state index contributed by atoms with van der Waals surface area (Å²) in [4.78, 5) is 0. The monoisotopic (exact) mass is 297 g/mol. The van der Waals surface area contributed by atoms with Gasteiger partial charge in [0.2, 0.25) is 0 Å². The molecule has 0 aromatic carbocycles. The Balaban J connectivity index is 2.14. The highest BCUT2D eigenvalue weighted by atomic mass is 79.9. The van der Waals surface area contributed by atoms with E-state index in [0.29, 0.717) is 4.67 Å². The molecule has 0 aliphatic rings. The third-order valence-electron chi connectivity index (χ3n) is 2.67. The van der Waals surface area contributed by atoms with E-state index >= 15 is 0 Å². The molecule has 2 aromatic rings. The lowest BCUT2D eigenvalue weighted by atomic mass is 10.1. The second kappa shape index (κ2) is 5.06. The van der Waals surface area contributed by atoms with Crippen molar-refractivity contribution >= 4 is 15.9 Å². The summed E-state index contributed by atoms with van der Waals surface area (Å²) < 4.78 is 8.15. The van der Waals surface area contributed by atoms with Crippen LogP contribution in [0.1, 0.15) is 30.1 Å². The lowest BCUT2D eigenvalue weighted by molar-refractivity contribution is 0.441. The van der Waals surface area contributed by atoms with Crippen molar-refractivity contribution in [2.24, 2.45) is 5.73 Å². The molecular formula is C12H16BrN3O. The van der Waals surface area contributed by atoms with Crippen LogP contribution in [0.2, 0.25) is 0 Å². The minimum atomic E-state index is -0.136. The minimum Gasteiger partial charge on any atom is -0.453 e. The number of furan rings is 1. The van der Waals surface area contributed by atoms with Gasteiger partial charge in [-0.05, 0) is 48.0 Å². The fraction of sp³-hybridized carbons (Fsp3) is 0.417. The zero-order valence-corrected chi connectivity index (χ0v) is 11.6. The van der Waals surface area contributed by atoms with Crippen LogP contribution in [0.4, 0.5) is 0 Å². The molecule has 2 aromatic heterocycles. The molecule has 92 valence electrons. The Kier molecular flexibility index (Phi) is 3.69. The molecule has 5 heteroatoms. The Labute approximate surface area is 109 Å². The van der Waals surface area contributed by atoms with Gasteiger partial charge in [0.05, 0.1) is 11.7 Å². The maximum Gasteiger partial charge on any atom is 0.169 e. The van der Waals surface area contributed by atoms with Gasteiger partial charge in [-0.2, -0.15) is 5.10 Å². The van der Waals surface area contributed by atoms with Crippen LogP contribution in [0.15, 0.2) is 27.3 Å². The Morgan fingerprint density at radius 2 is 2.29 bits per heavy atom. The van der Waals surface area contributed by atoms with Crippen LogP contribution in [0.25, 0.3) is 0 Å². The third-order valence-corrected chi connectivity index (χ3v) is 3.10. The van der Waals surface area contributed by atoms with Gasteiger partial charge in [0.15, 0.2) is 4.67 Å². The molecule has 1 unspecified atom stereocenters. The van der Waals surface area contributed by atoms with Crippen LogP contribution in [-0.4, -0.2) is 9.78 Å². The Morgan fingerprint density at radius 3 is 2.88 bits per heavy atom. The first-order valence-electron chi connectivity index (χ1n) is 5.64. The summed E-state index contributed by atoms with van der Waals surface area (Å²) in [6.07, 6.45) is 0.731. The standard InChI is InChI=1S/C12H16BrN3O/c1-3-16-9(6-8(2)15-16)7-10(14)11-4-5-12(13)17-11/h4-6,10H,3,7,14H2,1-2H3. The summed E-state index contributed by atoms with van der Waals surface area (Å²) in [5, 5.41) is 4.40. The molecule has 0 saturated heterocycles. The zero-order valence-electron chi connectivity index (χ0n) is 9.98. The first-order chi connectivity index (χ1) is 8.10. The van der Waals surface area contributed by atoms with Gasteiger partial charge < -0.3 is 10.2 Å². The van der Waals surface area contributed by atoms with Gasteiger partial charge in [0, 0.05) is 18.7 Å². The average molecular weight is 298 g/mol. The summed E-state index contributed by atoms with van der Waals surface area (Å²) in [5.74, 6) is 0.790. The molecule has 2 rings (SSSR count). The van der Waals surface area contributed by atoms with E-state index in [1.54, 1.807) is 0 Å². The second-order valence-corrected chi connectivity index (χ2v) is 4.83. The van der Waals surface area contributed by atoms with Crippen LogP contribution in [0, 0.1) is 6.92 Å². The van der Waals surface area contributed by atoms with Gasteiger partial charge in [-0.25, -0.2) is 0 Å². The minimum absolute atomic E-state index is 0.136. The van der Waals surface area contributed by atoms with Crippen LogP contribution in [0.3, 0.4) is 0 Å². The van der Waals surface area contributed by atoms with Crippen LogP contribution in [-0.2, 0) is 13.0 Å². The number of aromatic nitrogens is 2. The fourth-order valence-corrected chi connectivity index (χ4v) is 2.21. The Morgan fingerprint density at radius 1 is 1.53 bits per heavy atom. The molecule has 0 aliphatic heterocycles. The molecule has 0 saturated carbocycles. The molecule has 17 heavy (non-hydrogen) atoms. The quantitative estimate of drug-likeness (QED) is 0.944. The van der Waals surface area contributed by atoms with Crippen molar-refractivity contribution in [1.29, 1.82) is 0 Å². The Hall–Kier alpha value is -1.07. The van der Waals surface area contributed by atoms with Crippen LogP contribution < -0.4 is 5.73 Å². The van der Waals surface area contributed by atoms with Gasteiger partial charge in [-0.3, -0.25) is 4.68 Å². The van der Waals surface area contributed by atoms with E-state index in [1.165, 1.54) is 0 Å². The van der Waals surface area contributed by atoms with Gasteiger partial charge in [-0.15, -0.1) is 0 Å².